The Labute approximate surface area is 154 Å². The molecule has 0 unspecified atom stereocenters. The highest BCUT2D eigenvalue weighted by Crippen LogP contribution is 2.32. The molecule has 1 heterocycles. The van der Waals surface area contributed by atoms with Crippen LogP contribution in [0, 0.1) is 6.92 Å². The largest absolute Gasteiger partial charge is 0.497 e. The molecule has 0 saturated heterocycles. The third kappa shape index (κ3) is 3.21. The van der Waals surface area contributed by atoms with Crippen LogP contribution in [0.1, 0.15) is 5.56 Å². The number of nitrogens with one attached hydrogen (secondary N) is 1. The molecule has 5 nitrogen and oxygen atoms in total. The molecule has 0 bridgehead atoms. The van der Waals surface area contributed by atoms with E-state index in [4.69, 9.17) is 27.9 Å². The molecule has 0 spiro atoms. The summed E-state index contributed by atoms with van der Waals surface area (Å²) in [6.45, 7) is 1.84. The van der Waals surface area contributed by atoms with Crippen LogP contribution in [0.4, 0.5) is 11.4 Å². The predicted octanol–water partition coefficient (Wildman–Crippen LogP) is 4.09. The standard InChI is InChI=1S/C18H14Cl2N2O3/c1-10-8-11(19)6-7-14(10)21-16-15(20)17(23)22(18(16)24)12-4-3-5-13(9-12)25-2/h3-9,21H,1-2H3. The molecule has 7 heteroatoms. The number of carbonyl (C=O) groups excluding carboxylic acids is 2. The van der Waals surface area contributed by atoms with E-state index in [-0.39, 0.29) is 10.7 Å². The molecule has 1 N–H and O–H groups in total. The number of hydrogen-bond acceptors (Lipinski definition) is 4. The first-order valence-corrected chi connectivity index (χ1v) is 8.13. The number of rotatable bonds is 4. The fourth-order valence-electron chi connectivity index (χ4n) is 2.50. The molecule has 0 fully saturated rings. The van der Waals surface area contributed by atoms with Crippen molar-refractivity contribution in [2.24, 2.45) is 0 Å². The monoisotopic (exact) mass is 376 g/mol. The molecule has 0 saturated carbocycles. The summed E-state index contributed by atoms with van der Waals surface area (Å²) in [7, 11) is 1.51. The van der Waals surface area contributed by atoms with Gasteiger partial charge in [-0.15, -0.1) is 0 Å². The van der Waals surface area contributed by atoms with E-state index >= 15 is 0 Å². The van der Waals surface area contributed by atoms with Crippen LogP contribution in [0.5, 0.6) is 5.75 Å². The van der Waals surface area contributed by atoms with Gasteiger partial charge in [0.25, 0.3) is 11.8 Å². The maximum atomic E-state index is 12.7. The lowest BCUT2D eigenvalue weighted by molar-refractivity contribution is -0.120. The molecule has 3 rings (SSSR count). The Balaban J connectivity index is 1.93. The van der Waals surface area contributed by atoms with Gasteiger partial charge in [-0.3, -0.25) is 9.59 Å². The van der Waals surface area contributed by atoms with Crippen LogP contribution in [0.15, 0.2) is 53.2 Å². The normalized spacial score (nSPS) is 14.3. The van der Waals surface area contributed by atoms with E-state index < -0.39 is 11.8 Å². The summed E-state index contributed by atoms with van der Waals surface area (Å²) in [6.07, 6.45) is 0. The molecule has 25 heavy (non-hydrogen) atoms. The Morgan fingerprint density at radius 2 is 1.80 bits per heavy atom. The third-order valence-corrected chi connectivity index (χ3v) is 4.37. The van der Waals surface area contributed by atoms with Gasteiger partial charge in [0.15, 0.2) is 0 Å². The molecule has 1 aliphatic rings. The number of anilines is 2. The second-order valence-corrected chi connectivity index (χ2v) is 6.23. The Morgan fingerprint density at radius 1 is 1.04 bits per heavy atom. The van der Waals surface area contributed by atoms with E-state index in [9.17, 15) is 9.59 Å². The molecule has 0 atom stereocenters. The van der Waals surface area contributed by atoms with E-state index in [2.05, 4.69) is 5.32 Å². The topological polar surface area (TPSA) is 58.6 Å². The maximum Gasteiger partial charge on any atom is 0.283 e. The van der Waals surface area contributed by atoms with Crippen LogP contribution in [0.2, 0.25) is 5.02 Å². The first-order valence-electron chi connectivity index (χ1n) is 7.38. The van der Waals surface area contributed by atoms with Gasteiger partial charge in [0.1, 0.15) is 16.5 Å². The number of nitrogens with zero attached hydrogens (tertiary/aromatic N) is 1. The van der Waals surface area contributed by atoms with E-state index in [1.165, 1.54) is 7.11 Å². The van der Waals surface area contributed by atoms with Gasteiger partial charge in [0.05, 0.1) is 12.8 Å². The van der Waals surface area contributed by atoms with Crippen LogP contribution in [-0.4, -0.2) is 18.9 Å². The van der Waals surface area contributed by atoms with Crippen LogP contribution in [0.25, 0.3) is 0 Å². The Hall–Kier alpha value is -2.50. The highest BCUT2D eigenvalue weighted by Gasteiger charge is 2.39. The zero-order valence-electron chi connectivity index (χ0n) is 13.5. The van der Waals surface area contributed by atoms with Gasteiger partial charge < -0.3 is 10.1 Å². The summed E-state index contributed by atoms with van der Waals surface area (Å²) in [5.41, 5.74) is 1.88. The van der Waals surface area contributed by atoms with Crippen molar-refractivity contribution in [3.63, 3.8) is 0 Å². The van der Waals surface area contributed by atoms with Crippen molar-refractivity contribution in [3.8, 4) is 5.75 Å². The van der Waals surface area contributed by atoms with Gasteiger partial charge in [0.2, 0.25) is 0 Å². The number of carbonyl (C=O) groups is 2. The van der Waals surface area contributed by atoms with Crippen molar-refractivity contribution in [1.29, 1.82) is 0 Å². The van der Waals surface area contributed by atoms with E-state index in [1.54, 1.807) is 42.5 Å². The molecular weight excluding hydrogens is 363 g/mol. The fourth-order valence-corrected chi connectivity index (χ4v) is 2.94. The summed E-state index contributed by atoms with van der Waals surface area (Å²) in [6, 6.07) is 11.8. The zero-order chi connectivity index (χ0) is 18.1. The lowest BCUT2D eigenvalue weighted by Gasteiger charge is -2.16. The number of imide groups is 1. The summed E-state index contributed by atoms with van der Waals surface area (Å²) in [4.78, 5) is 26.2. The smallest absolute Gasteiger partial charge is 0.283 e. The number of methoxy groups -OCH3 is 1. The molecular formula is C18H14Cl2N2O3. The molecule has 2 amide bonds. The van der Waals surface area contributed by atoms with Crippen LogP contribution >= 0.6 is 23.2 Å². The first-order chi connectivity index (χ1) is 11.9. The lowest BCUT2D eigenvalue weighted by atomic mass is 10.2. The van der Waals surface area contributed by atoms with Crippen LogP contribution < -0.4 is 15.0 Å². The minimum absolute atomic E-state index is 0.0277. The maximum absolute atomic E-state index is 12.7. The fraction of sp³-hybridized carbons (Fsp3) is 0.111. The van der Waals surface area contributed by atoms with Crippen LogP contribution in [0.3, 0.4) is 0 Å². The summed E-state index contributed by atoms with van der Waals surface area (Å²) in [5, 5.41) is 3.35. The zero-order valence-corrected chi connectivity index (χ0v) is 15.0. The number of ether oxygens (including phenoxy) is 1. The minimum atomic E-state index is -0.589. The Bertz CT molecular complexity index is 909. The Kier molecular flexibility index (Phi) is 4.70. The number of benzene rings is 2. The molecule has 128 valence electrons. The van der Waals surface area contributed by atoms with Crippen molar-refractivity contribution in [2.45, 2.75) is 6.92 Å². The van der Waals surface area contributed by atoms with Crippen molar-refractivity contribution in [1.82, 2.24) is 0 Å². The van der Waals surface area contributed by atoms with E-state index in [0.29, 0.717) is 22.1 Å². The first kappa shape index (κ1) is 17.3. The summed E-state index contributed by atoms with van der Waals surface area (Å²) >= 11 is 12.1. The van der Waals surface area contributed by atoms with E-state index in [0.717, 1.165) is 10.5 Å². The summed E-state index contributed by atoms with van der Waals surface area (Å²) < 4.78 is 5.14. The van der Waals surface area contributed by atoms with Crippen molar-refractivity contribution < 1.29 is 14.3 Å². The average molecular weight is 377 g/mol. The van der Waals surface area contributed by atoms with Crippen molar-refractivity contribution in [3.05, 3.63) is 63.8 Å². The van der Waals surface area contributed by atoms with Gasteiger partial charge in [-0.1, -0.05) is 29.3 Å². The molecule has 0 radical (unpaired) electrons. The number of amides is 2. The highest BCUT2D eigenvalue weighted by molar-refractivity contribution is 6.53. The van der Waals surface area contributed by atoms with Gasteiger partial charge in [-0.2, -0.15) is 0 Å². The molecule has 0 aromatic heterocycles. The molecule has 2 aromatic rings. The number of hydrogen-bond donors (Lipinski definition) is 1. The second-order valence-electron chi connectivity index (χ2n) is 5.42. The van der Waals surface area contributed by atoms with Crippen molar-refractivity contribution >= 4 is 46.4 Å². The number of halogens is 2. The SMILES string of the molecule is COc1cccc(N2C(=O)C(Cl)=C(Nc3ccc(Cl)cc3C)C2=O)c1. The summed E-state index contributed by atoms with van der Waals surface area (Å²) in [5.74, 6) is -0.587. The molecule has 2 aromatic carbocycles. The predicted molar refractivity (Wildman–Crippen MR) is 98.2 cm³/mol. The molecule has 1 aliphatic heterocycles. The number of aryl methyl sites for hydroxylation is 1. The van der Waals surface area contributed by atoms with Gasteiger partial charge >= 0.3 is 0 Å². The Morgan fingerprint density at radius 3 is 2.48 bits per heavy atom. The van der Waals surface area contributed by atoms with Crippen molar-refractivity contribution in [2.75, 3.05) is 17.3 Å². The highest BCUT2D eigenvalue weighted by atomic mass is 35.5. The van der Waals surface area contributed by atoms with Gasteiger partial charge in [-0.05, 0) is 42.8 Å². The minimum Gasteiger partial charge on any atom is -0.497 e. The second kappa shape index (κ2) is 6.78. The van der Waals surface area contributed by atoms with Crippen LogP contribution in [-0.2, 0) is 9.59 Å². The molecule has 0 aliphatic carbocycles. The third-order valence-electron chi connectivity index (χ3n) is 3.79. The van der Waals surface area contributed by atoms with Gasteiger partial charge in [-0.25, -0.2) is 4.90 Å². The average Bonchev–Trinajstić information content (AvgIpc) is 2.80. The van der Waals surface area contributed by atoms with Gasteiger partial charge in [0, 0.05) is 16.8 Å². The lowest BCUT2D eigenvalue weighted by Crippen LogP contribution is -2.32. The van der Waals surface area contributed by atoms with E-state index in [1.807, 2.05) is 6.92 Å². The quantitative estimate of drug-likeness (QED) is 0.816.